The van der Waals surface area contributed by atoms with Crippen LogP contribution >= 0.6 is 0 Å². The van der Waals surface area contributed by atoms with Gasteiger partial charge in [0.05, 0.1) is 5.52 Å². The first kappa shape index (κ1) is 23.9. The van der Waals surface area contributed by atoms with Gasteiger partial charge in [0.25, 0.3) is 5.91 Å². The van der Waals surface area contributed by atoms with E-state index in [0.717, 1.165) is 0 Å². The number of hydrogen-bond donors (Lipinski definition) is 3. The maximum atomic E-state index is 13.6. The largest absolute Gasteiger partial charge is 0.457 e. The highest BCUT2D eigenvalue weighted by atomic mass is 19.1. The zero-order valence-electron chi connectivity index (χ0n) is 19.5. The Morgan fingerprint density at radius 1 is 0.946 bits per heavy atom. The van der Waals surface area contributed by atoms with Crippen LogP contribution in [0.15, 0.2) is 79.0 Å². The van der Waals surface area contributed by atoms with Gasteiger partial charge in [-0.25, -0.2) is 10.2 Å². The van der Waals surface area contributed by atoms with Crippen LogP contribution in [0.25, 0.3) is 10.9 Å². The van der Waals surface area contributed by atoms with E-state index >= 15 is 0 Å². The summed E-state index contributed by atoms with van der Waals surface area (Å²) in [5.41, 5.74) is 8.14. The number of nitrogen functional groups attached to an aromatic ring is 1. The second-order valence-electron chi connectivity index (χ2n) is 8.67. The fraction of sp³-hybridized carbons (Fsp3) is 0.111. The molecule has 1 heterocycles. The molecule has 0 saturated heterocycles. The second kappa shape index (κ2) is 9.32. The number of aromatic nitrogens is 1. The lowest BCUT2D eigenvalue weighted by atomic mass is 10.0. The number of benzene rings is 3. The fourth-order valence-corrected chi connectivity index (χ4v) is 4.10. The van der Waals surface area contributed by atoms with Gasteiger partial charge >= 0.3 is 0 Å². The third-order valence-corrected chi connectivity index (χ3v) is 6.34. The summed E-state index contributed by atoms with van der Waals surface area (Å²) in [4.78, 5) is 43.0. The van der Waals surface area contributed by atoms with Gasteiger partial charge in [0.15, 0.2) is 0 Å². The predicted octanol–water partition coefficient (Wildman–Crippen LogP) is 3.70. The summed E-state index contributed by atoms with van der Waals surface area (Å²) in [6, 6.07) is 18.7. The molecule has 3 aromatic carbocycles. The van der Waals surface area contributed by atoms with Crippen LogP contribution in [0.2, 0.25) is 0 Å². The first-order chi connectivity index (χ1) is 17.8. The van der Waals surface area contributed by atoms with Crippen molar-refractivity contribution in [1.29, 1.82) is 0 Å². The highest BCUT2D eigenvalue weighted by Gasteiger charge is 2.57. The maximum Gasteiger partial charge on any atom is 0.265 e. The average molecular weight is 500 g/mol. The molecule has 0 atom stereocenters. The van der Waals surface area contributed by atoms with Gasteiger partial charge in [-0.15, -0.1) is 0 Å². The molecule has 5 rings (SSSR count). The van der Waals surface area contributed by atoms with E-state index in [4.69, 9.17) is 16.3 Å². The van der Waals surface area contributed by atoms with Crippen molar-refractivity contribution in [2.24, 2.45) is 17.0 Å². The Labute approximate surface area is 210 Å². The summed E-state index contributed by atoms with van der Waals surface area (Å²) in [5, 5.41) is 0.681. The molecule has 1 aromatic heterocycles. The van der Waals surface area contributed by atoms with E-state index in [2.05, 4.69) is 10.4 Å². The van der Waals surface area contributed by atoms with Crippen molar-refractivity contribution in [3.63, 3.8) is 0 Å². The summed E-state index contributed by atoms with van der Waals surface area (Å²) in [5.74, 6) is 4.17. The molecule has 4 aromatic rings. The van der Waals surface area contributed by atoms with Gasteiger partial charge in [-0.1, -0.05) is 0 Å². The molecule has 0 aliphatic heterocycles. The highest BCUT2D eigenvalue weighted by molar-refractivity contribution is 6.16. The van der Waals surface area contributed by atoms with Crippen LogP contribution in [0.1, 0.15) is 23.2 Å². The number of anilines is 2. The van der Waals surface area contributed by atoms with E-state index in [9.17, 15) is 18.8 Å². The van der Waals surface area contributed by atoms with Crippen molar-refractivity contribution in [3.8, 4) is 11.5 Å². The number of hydrogen-bond acceptors (Lipinski definition) is 6. The zero-order valence-corrected chi connectivity index (χ0v) is 19.5. The molecule has 1 aliphatic rings. The molecule has 0 radical (unpaired) electrons. The number of nitrogens with two attached hydrogens (primary N) is 2. The molecular weight excluding hydrogens is 477 g/mol. The molecule has 1 saturated carbocycles. The number of nitrogens with one attached hydrogen (secondary N) is 1. The third kappa shape index (κ3) is 4.45. The van der Waals surface area contributed by atoms with Gasteiger partial charge in [-0.3, -0.25) is 29.7 Å². The fourth-order valence-electron chi connectivity index (χ4n) is 4.10. The highest BCUT2D eigenvalue weighted by Crippen LogP contribution is 2.49. The van der Waals surface area contributed by atoms with Gasteiger partial charge < -0.3 is 10.5 Å². The molecule has 186 valence electrons. The van der Waals surface area contributed by atoms with Crippen LogP contribution in [-0.4, -0.2) is 22.7 Å². The van der Waals surface area contributed by atoms with Crippen molar-refractivity contribution in [3.05, 3.63) is 90.4 Å². The zero-order chi connectivity index (χ0) is 26.2. The lowest BCUT2D eigenvalue weighted by molar-refractivity contribution is -0.133. The molecule has 1 aliphatic carbocycles. The van der Waals surface area contributed by atoms with Crippen molar-refractivity contribution in [2.75, 3.05) is 4.90 Å². The molecule has 1 fully saturated rings. The topological polar surface area (TPSA) is 141 Å². The minimum atomic E-state index is -1.26. The van der Waals surface area contributed by atoms with Crippen molar-refractivity contribution in [2.45, 2.75) is 12.8 Å². The summed E-state index contributed by atoms with van der Waals surface area (Å²) in [7, 11) is 0. The van der Waals surface area contributed by atoms with E-state index in [-0.39, 0.29) is 0 Å². The Morgan fingerprint density at radius 3 is 2.19 bits per heavy atom. The quantitative estimate of drug-likeness (QED) is 0.153. The number of amides is 3. The number of fused-ring (bicyclic) bond motifs is 1. The number of ether oxygens (including phenoxy) is 1. The first-order valence-corrected chi connectivity index (χ1v) is 11.4. The van der Waals surface area contributed by atoms with Crippen LogP contribution in [-0.2, 0) is 9.59 Å². The van der Waals surface area contributed by atoms with Crippen LogP contribution in [0, 0.1) is 11.2 Å². The molecule has 5 N–H and O–H groups in total. The Bertz CT molecular complexity index is 1520. The molecule has 0 bridgehead atoms. The normalized spacial score (nSPS) is 13.6. The van der Waals surface area contributed by atoms with Crippen molar-refractivity contribution >= 4 is 40.0 Å². The first-order valence-electron chi connectivity index (χ1n) is 11.4. The SMILES string of the molecule is NNC(=O)c1ccc2c(Oc3ccc(N(C(=O)C4(C(N)=O)CC4)c4ccc(F)cc4)cc3)ccnc2c1. The van der Waals surface area contributed by atoms with Gasteiger partial charge in [-0.05, 0) is 85.6 Å². The van der Waals surface area contributed by atoms with Crippen LogP contribution in [0.5, 0.6) is 11.5 Å². The van der Waals surface area contributed by atoms with Gasteiger partial charge in [-0.2, -0.15) is 0 Å². The number of halogens is 1. The van der Waals surface area contributed by atoms with E-state index in [1.807, 2.05) is 0 Å². The van der Waals surface area contributed by atoms with Crippen molar-refractivity contribution in [1.82, 2.24) is 10.4 Å². The van der Waals surface area contributed by atoms with Crippen LogP contribution in [0.3, 0.4) is 0 Å². The number of rotatable bonds is 7. The van der Waals surface area contributed by atoms with E-state index < -0.39 is 29.0 Å². The smallest absolute Gasteiger partial charge is 0.265 e. The van der Waals surface area contributed by atoms with Crippen LogP contribution in [0.4, 0.5) is 15.8 Å². The van der Waals surface area contributed by atoms with Gasteiger partial charge in [0.2, 0.25) is 11.8 Å². The number of hydrazine groups is 1. The molecule has 37 heavy (non-hydrogen) atoms. The van der Waals surface area contributed by atoms with Gasteiger partial charge in [0, 0.05) is 28.5 Å². The predicted molar refractivity (Wildman–Crippen MR) is 134 cm³/mol. The molecule has 0 spiro atoms. The lowest BCUT2D eigenvalue weighted by Gasteiger charge is -2.26. The van der Waals surface area contributed by atoms with E-state index in [1.54, 1.807) is 54.7 Å². The third-order valence-electron chi connectivity index (χ3n) is 6.34. The minimum absolute atomic E-state index is 0.360. The summed E-state index contributed by atoms with van der Waals surface area (Å²) in [6.07, 6.45) is 2.29. The summed E-state index contributed by atoms with van der Waals surface area (Å²) >= 11 is 0. The number of primary amides is 1. The Kier molecular flexibility index (Phi) is 6.02. The molecule has 10 heteroatoms. The standard InChI is InChI=1S/C27H22FN5O4/c28-17-2-4-18(5-3-17)33(26(36)27(12-13-27)25(29)35)19-6-8-20(9-7-19)37-23-11-14-31-22-15-16(24(34)32-30)1-10-21(22)23/h1-11,14-15H,12-13,30H2,(H2,29,35)(H,32,34). The second-order valence-corrected chi connectivity index (χ2v) is 8.67. The van der Waals surface area contributed by atoms with E-state index in [1.165, 1.54) is 29.2 Å². The summed E-state index contributed by atoms with van der Waals surface area (Å²) < 4.78 is 19.6. The molecule has 9 nitrogen and oxygen atoms in total. The Hall–Kier alpha value is -4.83. The average Bonchev–Trinajstić information content (AvgIpc) is 3.73. The molecule has 3 amide bonds. The Morgan fingerprint density at radius 2 is 1.59 bits per heavy atom. The number of nitrogens with zero attached hydrogens (tertiary/aromatic N) is 2. The molecule has 0 unspecified atom stereocenters. The number of carbonyl (C=O) groups is 3. The number of carbonyl (C=O) groups excluding carboxylic acids is 3. The van der Waals surface area contributed by atoms with Gasteiger partial charge in [0.1, 0.15) is 22.7 Å². The monoisotopic (exact) mass is 499 g/mol. The maximum absolute atomic E-state index is 13.6. The number of pyridine rings is 1. The van der Waals surface area contributed by atoms with E-state index in [0.29, 0.717) is 52.2 Å². The molecular formula is C27H22FN5O4. The Balaban J connectivity index is 1.45. The lowest BCUT2D eigenvalue weighted by Crippen LogP contribution is -2.41. The van der Waals surface area contributed by atoms with Crippen LogP contribution < -0.4 is 26.6 Å². The minimum Gasteiger partial charge on any atom is -0.457 e. The summed E-state index contributed by atoms with van der Waals surface area (Å²) in [6.45, 7) is 0. The van der Waals surface area contributed by atoms with Crippen molar-refractivity contribution < 1.29 is 23.5 Å².